The van der Waals surface area contributed by atoms with Gasteiger partial charge in [-0.15, -0.1) is 13.2 Å². The van der Waals surface area contributed by atoms with Gasteiger partial charge >= 0.3 is 0 Å². The SMILES string of the molecule is C=CCC1CNC(CC=C)C1. The predicted molar refractivity (Wildman–Crippen MR) is 49.5 cm³/mol. The van der Waals surface area contributed by atoms with Crippen molar-refractivity contribution >= 4 is 0 Å². The standard InChI is InChI=1S/C10H17N/c1-3-5-9-7-10(6-4-2)11-8-9/h3-4,9-11H,1-2,5-8H2. The largest absolute Gasteiger partial charge is 0.313 e. The second kappa shape index (κ2) is 4.35. The van der Waals surface area contributed by atoms with E-state index in [1.54, 1.807) is 0 Å². The Hall–Kier alpha value is -0.560. The minimum atomic E-state index is 0.678. The summed E-state index contributed by atoms with van der Waals surface area (Å²) in [5.74, 6) is 0.817. The van der Waals surface area contributed by atoms with Crippen LogP contribution < -0.4 is 5.32 Å². The first kappa shape index (κ1) is 8.54. The lowest BCUT2D eigenvalue weighted by molar-refractivity contribution is 0.561. The van der Waals surface area contributed by atoms with Crippen molar-refractivity contribution < 1.29 is 0 Å². The highest BCUT2D eigenvalue weighted by Gasteiger charge is 2.21. The van der Waals surface area contributed by atoms with Crippen LogP contribution >= 0.6 is 0 Å². The van der Waals surface area contributed by atoms with E-state index < -0.39 is 0 Å². The lowest BCUT2D eigenvalue weighted by Gasteiger charge is -2.05. The minimum Gasteiger partial charge on any atom is -0.313 e. The normalized spacial score (nSPS) is 30.2. The molecule has 0 amide bonds. The topological polar surface area (TPSA) is 12.0 Å². The summed E-state index contributed by atoms with van der Waals surface area (Å²) < 4.78 is 0. The number of allylic oxidation sites excluding steroid dienone is 1. The van der Waals surface area contributed by atoms with Gasteiger partial charge in [-0.25, -0.2) is 0 Å². The highest BCUT2D eigenvalue weighted by molar-refractivity contribution is 4.88. The molecule has 0 bridgehead atoms. The van der Waals surface area contributed by atoms with E-state index in [9.17, 15) is 0 Å². The molecule has 1 saturated heterocycles. The molecular weight excluding hydrogens is 134 g/mol. The maximum atomic E-state index is 3.75. The summed E-state index contributed by atoms with van der Waals surface area (Å²) in [5.41, 5.74) is 0. The summed E-state index contributed by atoms with van der Waals surface area (Å²) in [5, 5.41) is 3.47. The molecule has 1 fully saturated rings. The third-order valence-electron chi connectivity index (χ3n) is 2.26. The first-order chi connectivity index (χ1) is 5.36. The molecule has 1 nitrogen and oxygen atoms in total. The van der Waals surface area contributed by atoms with Crippen molar-refractivity contribution in [3.05, 3.63) is 25.3 Å². The minimum absolute atomic E-state index is 0.678. The molecule has 0 saturated carbocycles. The Balaban J connectivity index is 2.22. The fourth-order valence-electron chi connectivity index (χ4n) is 1.70. The molecule has 0 spiro atoms. The Labute approximate surface area is 69.2 Å². The van der Waals surface area contributed by atoms with E-state index in [1.165, 1.54) is 6.42 Å². The van der Waals surface area contributed by atoms with Gasteiger partial charge in [0.25, 0.3) is 0 Å². The zero-order valence-electron chi connectivity index (χ0n) is 7.05. The Morgan fingerprint density at radius 2 is 2.00 bits per heavy atom. The molecule has 1 heterocycles. The van der Waals surface area contributed by atoms with Gasteiger partial charge in [0.05, 0.1) is 0 Å². The third-order valence-corrected chi connectivity index (χ3v) is 2.26. The molecule has 11 heavy (non-hydrogen) atoms. The maximum absolute atomic E-state index is 3.75. The molecule has 0 radical (unpaired) electrons. The van der Waals surface area contributed by atoms with Crippen LogP contribution in [0.1, 0.15) is 19.3 Å². The van der Waals surface area contributed by atoms with Crippen LogP contribution in [0.4, 0.5) is 0 Å². The number of rotatable bonds is 4. The van der Waals surface area contributed by atoms with Crippen LogP contribution in [0, 0.1) is 5.92 Å². The molecular formula is C10H17N. The van der Waals surface area contributed by atoms with Crippen LogP contribution in [0.2, 0.25) is 0 Å². The van der Waals surface area contributed by atoms with E-state index in [4.69, 9.17) is 0 Å². The van der Waals surface area contributed by atoms with Crippen LogP contribution in [-0.2, 0) is 0 Å². The molecule has 0 aromatic rings. The quantitative estimate of drug-likeness (QED) is 0.607. The van der Waals surface area contributed by atoms with Gasteiger partial charge in [0.2, 0.25) is 0 Å². The number of hydrogen-bond donors (Lipinski definition) is 1. The van der Waals surface area contributed by atoms with E-state index >= 15 is 0 Å². The Morgan fingerprint density at radius 3 is 2.64 bits per heavy atom. The first-order valence-corrected chi connectivity index (χ1v) is 4.32. The van der Waals surface area contributed by atoms with Gasteiger partial charge in [-0.05, 0) is 31.7 Å². The molecule has 2 atom stereocenters. The van der Waals surface area contributed by atoms with Crippen molar-refractivity contribution in [2.24, 2.45) is 5.92 Å². The average Bonchev–Trinajstić information content (AvgIpc) is 2.38. The molecule has 1 aliphatic heterocycles. The maximum Gasteiger partial charge on any atom is 0.0105 e. The molecule has 0 aliphatic carbocycles. The summed E-state index contributed by atoms with van der Waals surface area (Å²) >= 11 is 0. The molecule has 1 aliphatic rings. The summed E-state index contributed by atoms with van der Waals surface area (Å²) in [7, 11) is 0. The summed E-state index contributed by atoms with van der Waals surface area (Å²) in [6.45, 7) is 8.64. The van der Waals surface area contributed by atoms with Crippen LogP contribution in [0.3, 0.4) is 0 Å². The third kappa shape index (κ3) is 2.51. The van der Waals surface area contributed by atoms with Crippen molar-refractivity contribution in [1.82, 2.24) is 5.32 Å². The van der Waals surface area contributed by atoms with E-state index in [1.807, 2.05) is 12.2 Å². The van der Waals surface area contributed by atoms with Crippen molar-refractivity contribution in [1.29, 1.82) is 0 Å². The summed E-state index contributed by atoms with van der Waals surface area (Å²) in [6.07, 6.45) is 7.56. The Kier molecular flexibility index (Phi) is 3.37. The Bertz CT molecular complexity index is 124. The van der Waals surface area contributed by atoms with E-state index in [2.05, 4.69) is 18.5 Å². The lowest BCUT2D eigenvalue weighted by Crippen LogP contribution is -2.20. The van der Waals surface area contributed by atoms with Gasteiger partial charge in [0.15, 0.2) is 0 Å². The zero-order valence-corrected chi connectivity index (χ0v) is 7.05. The fourth-order valence-corrected chi connectivity index (χ4v) is 1.70. The molecule has 1 rings (SSSR count). The van der Waals surface area contributed by atoms with Crippen LogP contribution in [0.15, 0.2) is 25.3 Å². The highest BCUT2D eigenvalue weighted by Crippen LogP contribution is 2.19. The monoisotopic (exact) mass is 151 g/mol. The van der Waals surface area contributed by atoms with Gasteiger partial charge < -0.3 is 5.32 Å². The highest BCUT2D eigenvalue weighted by atomic mass is 14.9. The van der Waals surface area contributed by atoms with E-state index in [0.717, 1.165) is 25.3 Å². The summed E-state index contributed by atoms with van der Waals surface area (Å²) in [6, 6.07) is 0.678. The van der Waals surface area contributed by atoms with Gasteiger partial charge in [-0.1, -0.05) is 12.2 Å². The lowest BCUT2D eigenvalue weighted by atomic mass is 10.0. The summed E-state index contributed by atoms with van der Waals surface area (Å²) in [4.78, 5) is 0. The Morgan fingerprint density at radius 1 is 1.27 bits per heavy atom. The molecule has 0 aromatic carbocycles. The van der Waals surface area contributed by atoms with Crippen molar-refractivity contribution in [2.75, 3.05) is 6.54 Å². The van der Waals surface area contributed by atoms with Crippen LogP contribution in [-0.4, -0.2) is 12.6 Å². The number of hydrogen-bond acceptors (Lipinski definition) is 1. The van der Waals surface area contributed by atoms with E-state index in [0.29, 0.717) is 6.04 Å². The van der Waals surface area contributed by atoms with Gasteiger partial charge in [-0.2, -0.15) is 0 Å². The van der Waals surface area contributed by atoms with Gasteiger partial charge in [0.1, 0.15) is 0 Å². The fraction of sp³-hybridized carbons (Fsp3) is 0.600. The second-order valence-corrected chi connectivity index (χ2v) is 3.26. The smallest absolute Gasteiger partial charge is 0.0105 e. The van der Waals surface area contributed by atoms with Gasteiger partial charge in [-0.3, -0.25) is 0 Å². The molecule has 2 unspecified atom stereocenters. The molecule has 1 heteroatoms. The van der Waals surface area contributed by atoms with Crippen molar-refractivity contribution in [3.8, 4) is 0 Å². The second-order valence-electron chi connectivity index (χ2n) is 3.26. The average molecular weight is 151 g/mol. The molecule has 0 aromatic heterocycles. The van der Waals surface area contributed by atoms with Gasteiger partial charge in [0, 0.05) is 6.04 Å². The van der Waals surface area contributed by atoms with Crippen LogP contribution in [0.5, 0.6) is 0 Å². The predicted octanol–water partition coefficient (Wildman–Crippen LogP) is 2.12. The molecule has 1 N–H and O–H groups in total. The van der Waals surface area contributed by atoms with Crippen molar-refractivity contribution in [3.63, 3.8) is 0 Å². The first-order valence-electron chi connectivity index (χ1n) is 4.32. The molecule has 62 valence electrons. The zero-order chi connectivity index (χ0) is 8.10. The van der Waals surface area contributed by atoms with Crippen molar-refractivity contribution in [2.45, 2.75) is 25.3 Å². The van der Waals surface area contributed by atoms with E-state index in [-0.39, 0.29) is 0 Å². The van der Waals surface area contributed by atoms with Crippen LogP contribution in [0.25, 0.3) is 0 Å². The number of nitrogens with one attached hydrogen (secondary N) is 1.